The first-order valence-electron chi connectivity index (χ1n) is 24.9. The molecule has 9 heterocycles. The molecular formula is C63H53Cu6FN18O2. The monoisotopic (exact) mass is 1490 g/mol. The summed E-state index contributed by atoms with van der Waals surface area (Å²) in [7, 11) is 0. The third-order valence-electron chi connectivity index (χ3n) is 10.3. The van der Waals surface area contributed by atoms with Gasteiger partial charge in [0, 0.05) is 54.3 Å². The van der Waals surface area contributed by atoms with Crippen molar-refractivity contribution in [3.8, 4) is 67.5 Å². The summed E-state index contributed by atoms with van der Waals surface area (Å²) in [6.07, 6.45) is 19.7. The molecular weight excluding hydrogens is 1440 g/mol. The molecule has 0 unspecified atom stereocenters. The molecule has 27 heteroatoms. The van der Waals surface area contributed by atoms with Crippen molar-refractivity contribution < 1.29 is 118 Å². The molecule has 0 fully saturated rings. The number of nitrogens with zero attached hydrogens (tertiary/aromatic N) is 18. The summed E-state index contributed by atoms with van der Waals surface area (Å²) in [5, 5.41) is 66.9. The molecule has 0 saturated carbocycles. The van der Waals surface area contributed by atoms with Crippen LogP contribution < -0.4 is 50.6 Å². The third-order valence-corrected chi connectivity index (χ3v) is 10.3. The molecule has 0 amide bonds. The Kier molecular flexibility index (Phi) is 51.6. The van der Waals surface area contributed by atoms with Gasteiger partial charge in [0.1, 0.15) is 0 Å². The molecule has 0 aliphatic rings. The van der Waals surface area contributed by atoms with Gasteiger partial charge in [0.05, 0.1) is 0 Å². The van der Waals surface area contributed by atoms with Crippen LogP contribution in [-0.4, -0.2) is 56.8 Å². The minimum atomic E-state index is 0. The Morgan fingerprint density at radius 1 is 0.211 bits per heavy atom. The standard InChI is InChI=1S/3C15H11N2.6C3H3N2.6Cu.FH.2H2O/c3*1-3-7-12(8-4-1)14-11-15(17-16-14)13-9-5-2-6-10-13;6*1-2-4-5-3-1;;;;;;;;;/h3*1-11H;6*1-3H;;;;;;;1H;2*1H2/q9*-1;6*+2;;;/p-3. The SMILES string of the molecule is [Cu+2].[Cu+2].[Cu+2].[Cu+2].[Cu+2].[Cu+2].[F-].[OH-].[OH-].c1ccc(-c2cc(-c3ccccc3)[n-]n2)cc1.c1ccc(-c2cc(-c3ccccc3)[n-]n2)cc1.c1ccc(-c2cc(-c3ccccc3)[n-]n2)cc1.c1cn[n-]c1.c1cn[n-]c1.c1cn[n-]c1.c1cn[n-]c1.c1cn[n-]c1.c1cn[n-]c1. The van der Waals surface area contributed by atoms with E-state index in [0.29, 0.717) is 0 Å². The van der Waals surface area contributed by atoms with E-state index in [1.165, 1.54) is 0 Å². The predicted molar refractivity (Wildman–Crippen MR) is 315 cm³/mol. The van der Waals surface area contributed by atoms with E-state index in [-0.39, 0.29) is 118 Å². The molecule has 20 nitrogen and oxygen atoms in total. The maximum atomic E-state index is 4.21. The summed E-state index contributed by atoms with van der Waals surface area (Å²) < 4.78 is 0. The summed E-state index contributed by atoms with van der Waals surface area (Å²) in [4.78, 5) is 0. The first-order valence-corrected chi connectivity index (χ1v) is 24.9. The van der Waals surface area contributed by atoms with Gasteiger partial charge in [-0.2, -0.15) is 37.2 Å². The molecule has 0 atom stereocenters. The summed E-state index contributed by atoms with van der Waals surface area (Å²) in [6, 6.07) is 77.3. The van der Waals surface area contributed by atoms with E-state index in [4.69, 9.17) is 0 Å². The van der Waals surface area contributed by atoms with Crippen molar-refractivity contribution in [2.24, 2.45) is 0 Å². The fraction of sp³-hybridized carbons (Fsp3) is 0. The molecule has 15 rings (SSSR count). The number of hydrogen-bond donors (Lipinski definition) is 0. The zero-order chi connectivity index (χ0) is 55.7. The number of hydrogen-bond acceptors (Lipinski definition) is 11. The minimum Gasteiger partial charge on any atom is -1.00 e. The first-order chi connectivity index (χ1) is 40.3. The van der Waals surface area contributed by atoms with E-state index in [1.807, 2.05) is 200 Å². The van der Waals surface area contributed by atoms with E-state index >= 15 is 0 Å². The number of aromatic nitrogens is 18. The first kappa shape index (κ1) is 85.4. The van der Waals surface area contributed by atoms with Crippen LogP contribution in [0.4, 0.5) is 0 Å². The third kappa shape index (κ3) is 33.5. The molecule has 0 spiro atoms. The molecule has 9 aromatic heterocycles. The van der Waals surface area contributed by atoms with Crippen LogP contribution in [0.1, 0.15) is 0 Å². The van der Waals surface area contributed by atoms with E-state index in [0.717, 1.165) is 67.5 Å². The molecule has 2 N–H and O–H groups in total. The minimum absolute atomic E-state index is 0. The van der Waals surface area contributed by atoms with Crippen LogP contribution in [0.15, 0.2) is 311 Å². The molecule has 0 aliphatic heterocycles. The van der Waals surface area contributed by atoms with Crippen LogP contribution in [0, 0.1) is 0 Å². The van der Waals surface area contributed by atoms with Gasteiger partial charge in [-0.05, 0) is 33.4 Å². The molecule has 6 radical (unpaired) electrons. The Bertz CT molecular complexity index is 2980. The van der Waals surface area contributed by atoms with Crippen molar-refractivity contribution in [3.63, 3.8) is 0 Å². The van der Waals surface area contributed by atoms with E-state index < -0.39 is 0 Å². The molecule has 6 aromatic carbocycles. The Morgan fingerprint density at radius 2 is 0.378 bits per heavy atom. The number of rotatable bonds is 6. The van der Waals surface area contributed by atoms with Crippen molar-refractivity contribution in [1.29, 1.82) is 0 Å². The predicted octanol–water partition coefficient (Wildman–Crippen LogP) is 6.99. The second-order valence-corrected chi connectivity index (χ2v) is 15.9. The van der Waals surface area contributed by atoms with Gasteiger partial charge in [0.15, 0.2) is 0 Å². The molecule has 0 saturated heterocycles. The molecule has 480 valence electrons. The van der Waals surface area contributed by atoms with Gasteiger partial charge in [0.25, 0.3) is 0 Å². The van der Waals surface area contributed by atoms with E-state index in [9.17, 15) is 0 Å². The zero-order valence-electron chi connectivity index (χ0n) is 46.6. The van der Waals surface area contributed by atoms with Crippen molar-refractivity contribution in [2.75, 3.05) is 0 Å². The van der Waals surface area contributed by atoms with Gasteiger partial charge < -0.3 is 107 Å². The summed E-state index contributed by atoms with van der Waals surface area (Å²) in [5.41, 5.74) is 12.1. The molecule has 0 aliphatic carbocycles. The fourth-order valence-corrected chi connectivity index (χ4v) is 6.54. The maximum absolute atomic E-state index is 4.21. The van der Waals surface area contributed by atoms with Gasteiger partial charge >= 0.3 is 102 Å². The summed E-state index contributed by atoms with van der Waals surface area (Å²) in [5.74, 6) is 0. The Morgan fingerprint density at radius 3 is 0.511 bits per heavy atom. The normalized spacial score (nSPS) is 8.53. The van der Waals surface area contributed by atoms with Crippen LogP contribution >= 0.6 is 0 Å². The van der Waals surface area contributed by atoms with Crippen LogP contribution in [0.2, 0.25) is 0 Å². The molecule has 0 bridgehead atoms. The average molecular weight is 1490 g/mol. The number of halogens is 1. The van der Waals surface area contributed by atoms with Crippen LogP contribution in [-0.2, 0) is 102 Å². The number of benzene rings is 6. The summed E-state index contributed by atoms with van der Waals surface area (Å²) >= 11 is 0. The molecule has 15 aromatic rings. The van der Waals surface area contributed by atoms with Gasteiger partial charge in [0.2, 0.25) is 0 Å². The van der Waals surface area contributed by atoms with Crippen molar-refractivity contribution in [3.05, 3.63) is 311 Å². The van der Waals surface area contributed by atoms with Crippen molar-refractivity contribution in [2.45, 2.75) is 0 Å². The maximum Gasteiger partial charge on any atom is 2.00 e. The second kappa shape index (κ2) is 54.3. The fourth-order valence-electron chi connectivity index (χ4n) is 6.54. The van der Waals surface area contributed by atoms with E-state index in [1.54, 1.807) is 111 Å². The molecule has 90 heavy (non-hydrogen) atoms. The van der Waals surface area contributed by atoms with Crippen LogP contribution in [0.3, 0.4) is 0 Å². The largest absolute Gasteiger partial charge is 2.00 e. The Labute approximate surface area is 583 Å². The Hall–Kier alpha value is -8.82. The van der Waals surface area contributed by atoms with Crippen LogP contribution in [0.5, 0.6) is 0 Å². The second-order valence-electron chi connectivity index (χ2n) is 15.9. The van der Waals surface area contributed by atoms with Gasteiger partial charge in [-0.3, -0.25) is 0 Å². The quantitative estimate of drug-likeness (QED) is 0.151. The van der Waals surface area contributed by atoms with Crippen molar-refractivity contribution >= 4 is 0 Å². The summed E-state index contributed by atoms with van der Waals surface area (Å²) in [6.45, 7) is 0. The Balaban J connectivity index is -0.000000986. The topological polar surface area (TPSA) is 303 Å². The van der Waals surface area contributed by atoms with Crippen molar-refractivity contribution in [1.82, 2.24) is 91.8 Å². The zero-order valence-corrected chi connectivity index (χ0v) is 52.2. The van der Waals surface area contributed by atoms with E-state index in [2.05, 4.69) is 91.8 Å². The van der Waals surface area contributed by atoms with Gasteiger partial charge in [-0.15, -0.1) is 17.1 Å². The average Bonchev–Trinajstić information content (AvgIpc) is 2.58. The smallest absolute Gasteiger partial charge is 1.00 e. The van der Waals surface area contributed by atoms with Crippen LogP contribution in [0.25, 0.3) is 67.5 Å². The van der Waals surface area contributed by atoms with Gasteiger partial charge in [-0.1, -0.05) is 237 Å². The van der Waals surface area contributed by atoms with Gasteiger partial charge in [-0.25, -0.2) is 0 Å².